The normalized spacial score (nSPS) is 11.4. The minimum absolute atomic E-state index is 0.126. The van der Waals surface area contributed by atoms with E-state index in [9.17, 15) is 48.3 Å². The zero-order chi connectivity index (χ0) is 34.5. The van der Waals surface area contributed by atoms with Crippen LogP contribution < -0.4 is 4.74 Å². The first-order valence-electron chi connectivity index (χ1n) is 13.8. The molecule has 0 radical (unpaired) electrons. The van der Waals surface area contributed by atoms with Gasteiger partial charge in [-0.1, -0.05) is 49.5 Å². The molecule has 244 valence electrons. The lowest BCUT2D eigenvalue weighted by atomic mass is 10.0. The first-order chi connectivity index (χ1) is 22.1. The van der Waals surface area contributed by atoms with Crippen LogP contribution in [0.5, 0.6) is 5.75 Å². The van der Waals surface area contributed by atoms with E-state index in [0.29, 0.717) is 36.2 Å². The predicted octanol–water partition coefficient (Wildman–Crippen LogP) is 10.2. The molecule has 0 amide bonds. The number of benzene rings is 4. The van der Waals surface area contributed by atoms with Gasteiger partial charge in [0.1, 0.15) is 46.2 Å². The SMILES string of the molecule is CCCCCc1ccc(C(F)(F)Oc2cc(F)c(C#Cc3ccc(C#Cc4cc(F)c(C(F)(F)F)c(F)c4)c(F)c3)c(F)c2)c(F)c1. The first-order valence-corrected chi connectivity index (χ1v) is 13.8. The molecule has 0 heterocycles. The summed E-state index contributed by atoms with van der Waals surface area (Å²) in [5.74, 6) is -1.13. The molecule has 47 heavy (non-hydrogen) atoms. The Labute approximate surface area is 262 Å². The van der Waals surface area contributed by atoms with Gasteiger partial charge in [-0.3, -0.25) is 0 Å². The van der Waals surface area contributed by atoms with Crippen molar-refractivity contribution in [2.75, 3.05) is 0 Å². The van der Waals surface area contributed by atoms with Crippen LogP contribution in [0.3, 0.4) is 0 Å². The van der Waals surface area contributed by atoms with E-state index in [0.717, 1.165) is 49.6 Å². The Morgan fingerprint density at radius 3 is 1.79 bits per heavy atom. The van der Waals surface area contributed by atoms with E-state index in [4.69, 9.17) is 0 Å². The molecule has 0 saturated heterocycles. The molecule has 0 aromatic heterocycles. The van der Waals surface area contributed by atoms with Crippen molar-refractivity contribution in [3.05, 3.63) is 135 Å². The summed E-state index contributed by atoms with van der Waals surface area (Å²) in [7, 11) is 0. The number of halogens is 11. The summed E-state index contributed by atoms with van der Waals surface area (Å²) >= 11 is 0. The fourth-order valence-electron chi connectivity index (χ4n) is 4.35. The Hall–Kier alpha value is -4.97. The Bertz CT molecular complexity index is 1880. The second-order valence-electron chi connectivity index (χ2n) is 10.2. The lowest BCUT2D eigenvalue weighted by Crippen LogP contribution is -2.23. The summed E-state index contributed by atoms with van der Waals surface area (Å²) < 4.78 is 158. The molecule has 4 aromatic carbocycles. The molecule has 0 fully saturated rings. The highest BCUT2D eigenvalue weighted by molar-refractivity contribution is 5.50. The fourth-order valence-corrected chi connectivity index (χ4v) is 4.35. The van der Waals surface area contributed by atoms with Gasteiger partial charge in [-0.2, -0.15) is 22.0 Å². The Balaban J connectivity index is 1.50. The predicted molar refractivity (Wildman–Crippen MR) is 150 cm³/mol. The van der Waals surface area contributed by atoms with Crippen molar-refractivity contribution >= 4 is 0 Å². The largest absolute Gasteiger partial charge is 0.429 e. The maximum Gasteiger partial charge on any atom is 0.429 e. The van der Waals surface area contributed by atoms with Crippen molar-refractivity contribution in [2.45, 2.75) is 44.9 Å². The summed E-state index contributed by atoms with van der Waals surface area (Å²) in [4.78, 5) is 0. The van der Waals surface area contributed by atoms with Gasteiger partial charge >= 0.3 is 12.3 Å². The van der Waals surface area contributed by atoms with Crippen LogP contribution in [0.25, 0.3) is 0 Å². The minimum Gasteiger partial charge on any atom is -0.429 e. The monoisotopic (exact) mass is 666 g/mol. The molecule has 0 unspecified atom stereocenters. The number of unbranched alkanes of at least 4 members (excludes halogenated alkanes) is 2. The van der Waals surface area contributed by atoms with E-state index in [-0.39, 0.29) is 11.1 Å². The van der Waals surface area contributed by atoms with E-state index in [1.54, 1.807) is 0 Å². The summed E-state index contributed by atoms with van der Waals surface area (Å²) in [6.07, 6.45) is -6.54. The number of alkyl halides is 5. The second kappa shape index (κ2) is 14.2. The molecular weight excluding hydrogens is 645 g/mol. The van der Waals surface area contributed by atoms with Crippen molar-refractivity contribution in [3.63, 3.8) is 0 Å². The van der Waals surface area contributed by atoms with Crippen LogP contribution in [-0.2, 0) is 18.7 Å². The van der Waals surface area contributed by atoms with Gasteiger partial charge in [0.15, 0.2) is 0 Å². The van der Waals surface area contributed by atoms with Crippen molar-refractivity contribution < 1.29 is 53.0 Å². The minimum atomic E-state index is -5.28. The second-order valence-corrected chi connectivity index (χ2v) is 10.2. The first kappa shape index (κ1) is 34.9. The smallest absolute Gasteiger partial charge is 0.429 e. The number of aryl methyl sites for hydroxylation is 1. The highest BCUT2D eigenvalue weighted by Gasteiger charge is 2.39. The fraction of sp³-hybridized carbons (Fsp3) is 0.200. The van der Waals surface area contributed by atoms with Gasteiger partial charge in [0, 0.05) is 23.3 Å². The highest BCUT2D eigenvalue weighted by Crippen LogP contribution is 2.35. The molecule has 4 aromatic rings. The maximum absolute atomic E-state index is 14.7. The van der Waals surface area contributed by atoms with E-state index in [1.807, 2.05) is 6.92 Å². The van der Waals surface area contributed by atoms with Crippen LogP contribution in [0.2, 0.25) is 0 Å². The average Bonchev–Trinajstić information content (AvgIpc) is 2.95. The maximum atomic E-state index is 14.7. The number of rotatable bonds is 7. The van der Waals surface area contributed by atoms with Crippen molar-refractivity contribution in [2.24, 2.45) is 0 Å². The van der Waals surface area contributed by atoms with Crippen LogP contribution >= 0.6 is 0 Å². The molecule has 0 N–H and O–H groups in total. The number of hydrogen-bond donors (Lipinski definition) is 0. The molecule has 0 aliphatic heterocycles. The summed E-state index contributed by atoms with van der Waals surface area (Å²) in [5.41, 5.74) is -4.58. The Morgan fingerprint density at radius 2 is 1.21 bits per heavy atom. The van der Waals surface area contributed by atoms with E-state index in [1.165, 1.54) is 6.07 Å². The van der Waals surface area contributed by atoms with Gasteiger partial charge in [-0.05, 0) is 60.9 Å². The Kier molecular flexibility index (Phi) is 10.5. The highest BCUT2D eigenvalue weighted by atomic mass is 19.4. The molecule has 0 atom stereocenters. The van der Waals surface area contributed by atoms with Gasteiger partial charge < -0.3 is 4.74 Å². The van der Waals surface area contributed by atoms with Crippen molar-refractivity contribution in [1.82, 2.24) is 0 Å². The summed E-state index contributed by atoms with van der Waals surface area (Å²) in [6.45, 7) is 1.97. The van der Waals surface area contributed by atoms with Crippen LogP contribution in [0.4, 0.5) is 48.3 Å². The van der Waals surface area contributed by atoms with Crippen LogP contribution in [0.1, 0.15) is 65.1 Å². The van der Waals surface area contributed by atoms with Crippen LogP contribution in [0, 0.1) is 58.6 Å². The third kappa shape index (κ3) is 8.64. The van der Waals surface area contributed by atoms with Crippen LogP contribution in [0.15, 0.2) is 60.7 Å². The topological polar surface area (TPSA) is 9.23 Å². The lowest BCUT2D eigenvalue weighted by Gasteiger charge is -2.19. The van der Waals surface area contributed by atoms with E-state index < -0.39 is 75.2 Å². The zero-order valence-electron chi connectivity index (χ0n) is 24.2. The number of ether oxygens (including phenoxy) is 1. The van der Waals surface area contributed by atoms with Gasteiger partial charge in [-0.15, -0.1) is 0 Å². The van der Waals surface area contributed by atoms with Gasteiger partial charge in [-0.25, -0.2) is 26.3 Å². The molecule has 0 bridgehead atoms. The van der Waals surface area contributed by atoms with Gasteiger partial charge in [0.05, 0.1) is 16.7 Å². The summed E-state index contributed by atoms with van der Waals surface area (Å²) in [6, 6.07) is 7.62. The lowest BCUT2D eigenvalue weighted by molar-refractivity contribution is -0.187. The average molecular weight is 667 g/mol. The molecule has 4 rings (SSSR count). The number of hydrogen-bond acceptors (Lipinski definition) is 1. The molecule has 0 spiro atoms. The van der Waals surface area contributed by atoms with E-state index >= 15 is 0 Å². The van der Waals surface area contributed by atoms with Crippen LogP contribution in [-0.4, -0.2) is 0 Å². The molecule has 0 aliphatic rings. The standard InChI is InChI=1S/C35H21F11O/c1-2-3-4-5-20-9-13-26(30(39)15-20)35(45,46)47-24-18-28(37)25(29(38)19-24)12-8-21-6-10-23(27(36)14-21)11-7-22-16-31(40)33(32(41)17-22)34(42,43)44/h6,9-10,13-19H,2-5H2,1H3. The molecule has 1 nitrogen and oxygen atoms in total. The van der Waals surface area contributed by atoms with Crippen molar-refractivity contribution in [3.8, 4) is 29.4 Å². The Morgan fingerprint density at radius 1 is 0.596 bits per heavy atom. The molecule has 12 heteroatoms. The van der Waals surface area contributed by atoms with E-state index in [2.05, 4.69) is 28.4 Å². The van der Waals surface area contributed by atoms with Crippen molar-refractivity contribution in [1.29, 1.82) is 0 Å². The van der Waals surface area contributed by atoms with Gasteiger partial charge in [0.2, 0.25) is 0 Å². The third-order valence-electron chi connectivity index (χ3n) is 6.65. The quantitative estimate of drug-likeness (QED) is 0.108. The molecule has 0 aliphatic carbocycles. The zero-order valence-corrected chi connectivity index (χ0v) is 24.2. The third-order valence-corrected chi connectivity index (χ3v) is 6.65. The van der Waals surface area contributed by atoms with Gasteiger partial charge in [0.25, 0.3) is 0 Å². The molecular formula is C35H21F11O. The summed E-state index contributed by atoms with van der Waals surface area (Å²) in [5, 5.41) is 0. The molecule has 0 saturated carbocycles.